The topological polar surface area (TPSA) is 92.0 Å². The maximum absolute atomic E-state index is 11.4. The van der Waals surface area contributed by atoms with Crippen LogP contribution in [0.2, 0.25) is 0 Å². The Balaban J connectivity index is 2.26. The van der Waals surface area contributed by atoms with E-state index in [0.717, 1.165) is 22.2 Å². The number of hydrogen-bond acceptors (Lipinski definition) is 4. The Bertz CT molecular complexity index is 826. The van der Waals surface area contributed by atoms with Gasteiger partial charge in [-0.2, -0.15) is 0 Å². The highest BCUT2D eigenvalue weighted by Crippen LogP contribution is 2.37. The van der Waals surface area contributed by atoms with Gasteiger partial charge in [-0.1, -0.05) is 18.2 Å². The lowest BCUT2D eigenvalue weighted by atomic mass is 9.98. The van der Waals surface area contributed by atoms with Gasteiger partial charge in [-0.3, -0.25) is 10.1 Å². The molecule has 6 heteroatoms. The van der Waals surface area contributed by atoms with Gasteiger partial charge in [-0.25, -0.2) is 4.98 Å². The molecule has 0 aliphatic heterocycles. The molecule has 0 fully saturated rings. The molecular weight excluding hydrogens is 282 g/mol. The summed E-state index contributed by atoms with van der Waals surface area (Å²) in [6.07, 6.45) is 4.30. The first-order chi connectivity index (χ1) is 10.7. The first-order valence-corrected chi connectivity index (χ1v) is 7.02. The number of pyridine rings is 1. The van der Waals surface area contributed by atoms with Crippen LogP contribution in [0, 0.1) is 10.1 Å². The lowest BCUT2D eigenvalue weighted by molar-refractivity contribution is -0.384. The number of aliphatic hydroxyl groups excluding tert-OH is 1. The Morgan fingerprint density at radius 3 is 2.86 bits per heavy atom. The van der Waals surface area contributed by atoms with Crippen LogP contribution in [0.1, 0.15) is 12.1 Å². The van der Waals surface area contributed by atoms with Crippen LogP contribution in [-0.2, 0) is 6.42 Å². The number of rotatable bonds is 5. The van der Waals surface area contributed by atoms with Crippen molar-refractivity contribution in [2.45, 2.75) is 12.8 Å². The molecule has 0 amide bonds. The van der Waals surface area contributed by atoms with Crippen molar-refractivity contribution in [3.05, 3.63) is 58.5 Å². The van der Waals surface area contributed by atoms with Gasteiger partial charge in [0.1, 0.15) is 6.20 Å². The van der Waals surface area contributed by atoms with Crippen molar-refractivity contribution in [1.29, 1.82) is 0 Å². The van der Waals surface area contributed by atoms with Gasteiger partial charge in [0.15, 0.2) is 0 Å². The van der Waals surface area contributed by atoms with Gasteiger partial charge in [0.2, 0.25) is 0 Å². The minimum Gasteiger partial charge on any atom is -0.396 e. The Kier molecular flexibility index (Phi) is 3.84. The molecule has 0 saturated carbocycles. The highest BCUT2D eigenvalue weighted by Gasteiger charge is 2.22. The predicted molar refractivity (Wildman–Crippen MR) is 83.6 cm³/mol. The largest absolute Gasteiger partial charge is 0.396 e. The quantitative estimate of drug-likeness (QED) is 0.559. The summed E-state index contributed by atoms with van der Waals surface area (Å²) < 4.78 is 0. The number of nitrogens with zero attached hydrogens (tertiary/aromatic N) is 2. The molecule has 0 aliphatic rings. The van der Waals surface area contributed by atoms with Crippen molar-refractivity contribution in [2.75, 3.05) is 6.61 Å². The summed E-state index contributed by atoms with van der Waals surface area (Å²) in [4.78, 5) is 18.3. The molecule has 22 heavy (non-hydrogen) atoms. The fourth-order valence-electron chi connectivity index (χ4n) is 2.65. The fraction of sp³-hybridized carbons (Fsp3) is 0.188. The molecule has 3 rings (SSSR count). The third kappa shape index (κ3) is 2.44. The van der Waals surface area contributed by atoms with Crippen molar-refractivity contribution in [3.63, 3.8) is 0 Å². The molecule has 2 aromatic heterocycles. The number of H-pyrrole nitrogens is 1. The summed E-state index contributed by atoms with van der Waals surface area (Å²) in [5, 5.41) is 21.2. The number of aromatic amines is 1. The number of hydrogen-bond donors (Lipinski definition) is 2. The molecule has 0 radical (unpaired) electrons. The first-order valence-electron chi connectivity index (χ1n) is 7.02. The minimum atomic E-state index is -0.405. The third-order valence-corrected chi connectivity index (χ3v) is 3.64. The zero-order valence-corrected chi connectivity index (χ0v) is 11.8. The monoisotopic (exact) mass is 297 g/mol. The van der Waals surface area contributed by atoms with E-state index < -0.39 is 4.92 Å². The first kappa shape index (κ1) is 14.2. The SMILES string of the molecule is O=[N+]([O-])c1cnc2ccccc2c1-c1cc[nH]c1CCCO. The number of nitro groups is 1. The average molecular weight is 297 g/mol. The van der Waals surface area contributed by atoms with Crippen molar-refractivity contribution in [1.82, 2.24) is 9.97 Å². The maximum atomic E-state index is 11.4. The number of aliphatic hydroxyl groups is 1. The highest BCUT2D eigenvalue weighted by molar-refractivity contribution is 5.99. The van der Waals surface area contributed by atoms with Crippen LogP contribution in [-0.4, -0.2) is 26.6 Å². The number of aryl methyl sites for hydroxylation is 1. The van der Waals surface area contributed by atoms with E-state index >= 15 is 0 Å². The number of aromatic nitrogens is 2. The van der Waals surface area contributed by atoms with Crippen LogP contribution < -0.4 is 0 Å². The molecule has 0 spiro atoms. The lowest BCUT2D eigenvalue weighted by Gasteiger charge is -2.08. The number of benzene rings is 1. The fourth-order valence-corrected chi connectivity index (χ4v) is 2.65. The normalized spacial score (nSPS) is 11.0. The summed E-state index contributed by atoms with van der Waals surface area (Å²) in [6, 6.07) is 9.21. The zero-order valence-electron chi connectivity index (χ0n) is 11.8. The standard InChI is InChI=1S/C16H15N3O3/c20-9-3-6-13-12(7-8-17-13)16-11-4-1-2-5-14(11)18-10-15(16)19(21)22/h1-2,4-5,7-8,10,17,20H,3,6,9H2. The van der Waals surface area contributed by atoms with E-state index in [1.807, 2.05) is 30.3 Å². The second-order valence-electron chi connectivity index (χ2n) is 4.99. The highest BCUT2D eigenvalue weighted by atomic mass is 16.6. The van der Waals surface area contributed by atoms with Crippen LogP contribution in [0.4, 0.5) is 5.69 Å². The van der Waals surface area contributed by atoms with Crippen LogP contribution in [0.5, 0.6) is 0 Å². The third-order valence-electron chi connectivity index (χ3n) is 3.64. The number of nitrogens with one attached hydrogen (secondary N) is 1. The summed E-state index contributed by atoms with van der Waals surface area (Å²) in [6.45, 7) is 0.0810. The van der Waals surface area contributed by atoms with E-state index in [-0.39, 0.29) is 12.3 Å². The molecule has 3 aromatic rings. The van der Waals surface area contributed by atoms with Gasteiger partial charge in [-0.15, -0.1) is 0 Å². The minimum absolute atomic E-state index is 0.0106. The van der Waals surface area contributed by atoms with Gasteiger partial charge < -0.3 is 10.1 Å². The smallest absolute Gasteiger partial charge is 0.296 e. The Hall–Kier alpha value is -2.73. The number of fused-ring (bicyclic) bond motifs is 1. The van der Waals surface area contributed by atoms with Crippen molar-refractivity contribution in [2.24, 2.45) is 0 Å². The second-order valence-corrected chi connectivity index (χ2v) is 4.99. The Morgan fingerprint density at radius 1 is 1.27 bits per heavy atom. The summed E-state index contributed by atoms with van der Waals surface area (Å²) in [5.41, 5.74) is 2.96. The molecular formula is C16H15N3O3. The van der Waals surface area contributed by atoms with Crippen LogP contribution >= 0.6 is 0 Å². The van der Waals surface area contributed by atoms with E-state index in [2.05, 4.69) is 9.97 Å². The molecule has 0 atom stereocenters. The van der Waals surface area contributed by atoms with Crippen LogP contribution in [0.15, 0.2) is 42.7 Å². The van der Waals surface area contributed by atoms with Crippen molar-refractivity contribution >= 4 is 16.6 Å². The van der Waals surface area contributed by atoms with E-state index in [1.54, 1.807) is 6.20 Å². The summed E-state index contributed by atoms with van der Waals surface area (Å²) in [7, 11) is 0. The van der Waals surface area contributed by atoms with E-state index in [1.165, 1.54) is 6.20 Å². The molecule has 0 saturated heterocycles. The number of para-hydroxylation sites is 1. The molecule has 6 nitrogen and oxygen atoms in total. The van der Waals surface area contributed by atoms with E-state index in [4.69, 9.17) is 5.11 Å². The van der Waals surface area contributed by atoms with Crippen molar-refractivity contribution in [3.8, 4) is 11.1 Å². The van der Waals surface area contributed by atoms with Gasteiger partial charge in [0.25, 0.3) is 5.69 Å². The van der Waals surface area contributed by atoms with Crippen molar-refractivity contribution < 1.29 is 10.0 Å². The van der Waals surface area contributed by atoms with Crippen LogP contribution in [0.3, 0.4) is 0 Å². The zero-order chi connectivity index (χ0) is 15.5. The predicted octanol–water partition coefficient (Wildman–Crippen LogP) is 3.06. The van der Waals surface area contributed by atoms with Gasteiger partial charge in [0.05, 0.1) is 16.0 Å². The Labute approximate surface area is 126 Å². The van der Waals surface area contributed by atoms with Crippen LogP contribution in [0.25, 0.3) is 22.0 Å². The van der Waals surface area contributed by atoms with Gasteiger partial charge in [-0.05, 0) is 25.0 Å². The maximum Gasteiger partial charge on any atom is 0.296 e. The molecule has 2 N–H and O–H groups in total. The average Bonchev–Trinajstić information content (AvgIpc) is 2.99. The summed E-state index contributed by atoms with van der Waals surface area (Å²) in [5.74, 6) is 0. The molecule has 0 bridgehead atoms. The molecule has 0 unspecified atom stereocenters. The second kappa shape index (κ2) is 5.95. The molecule has 1 aromatic carbocycles. The molecule has 0 aliphatic carbocycles. The van der Waals surface area contributed by atoms with E-state index in [9.17, 15) is 10.1 Å². The lowest BCUT2D eigenvalue weighted by Crippen LogP contribution is -1.97. The summed E-state index contributed by atoms with van der Waals surface area (Å²) >= 11 is 0. The van der Waals surface area contributed by atoms with Gasteiger partial charge in [0, 0.05) is 29.4 Å². The molecule has 112 valence electrons. The van der Waals surface area contributed by atoms with E-state index in [0.29, 0.717) is 18.4 Å². The van der Waals surface area contributed by atoms with Gasteiger partial charge >= 0.3 is 0 Å². The molecule has 2 heterocycles. The Morgan fingerprint density at radius 2 is 2.09 bits per heavy atom.